The van der Waals surface area contributed by atoms with Crippen molar-refractivity contribution in [1.29, 1.82) is 0 Å². The first-order valence-electron chi connectivity index (χ1n) is 4.91. The lowest BCUT2D eigenvalue weighted by atomic mass is 10.2. The topological polar surface area (TPSA) is 37.5 Å². The summed E-state index contributed by atoms with van der Waals surface area (Å²) >= 11 is 0. The average Bonchev–Trinajstić information content (AvgIpc) is 2.60. The Morgan fingerprint density at radius 1 is 1.36 bits per heavy atom. The van der Waals surface area contributed by atoms with Crippen molar-refractivity contribution < 1.29 is 5.11 Å². The molecule has 0 aromatic carbocycles. The molecule has 2 rings (SSSR count). The van der Waals surface area contributed by atoms with Crippen molar-refractivity contribution in [2.75, 3.05) is 0 Å². The van der Waals surface area contributed by atoms with Gasteiger partial charge in [0.2, 0.25) is 0 Å². The number of fused-ring (bicyclic) bond motifs is 1. The van der Waals surface area contributed by atoms with Gasteiger partial charge in [-0.25, -0.2) is 4.98 Å². The monoisotopic (exact) mass is 190 g/mol. The third-order valence-electron chi connectivity index (χ3n) is 2.26. The molecule has 0 bridgehead atoms. The van der Waals surface area contributed by atoms with Crippen molar-refractivity contribution >= 4 is 5.65 Å². The maximum atomic E-state index is 8.94. The number of hydrogen-bond acceptors (Lipinski definition) is 2. The first kappa shape index (κ1) is 9.21. The second-order valence-electron chi connectivity index (χ2n) is 3.44. The molecule has 0 unspecified atom stereocenters. The maximum Gasteiger partial charge on any atom is 0.137 e. The summed E-state index contributed by atoms with van der Waals surface area (Å²) in [7, 11) is 0. The second-order valence-corrected chi connectivity index (χ2v) is 3.44. The minimum absolute atomic E-state index is 0.00475. The lowest BCUT2D eigenvalue weighted by Crippen LogP contribution is -1.88. The van der Waals surface area contributed by atoms with E-state index in [2.05, 4.69) is 24.2 Å². The molecule has 14 heavy (non-hydrogen) atoms. The Balaban J connectivity index is 2.43. The van der Waals surface area contributed by atoms with Gasteiger partial charge in [-0.05, 0) is 18.1 Å². The highest BCUT2D eigenvalue weighted by Crippen LogP contribution is 2.09. The highest BCUT2D eigenvalue weighted by atomic mass is 16.3. The zero-order valence-electron chi connectivity index (χ0n) is 8.27. The van der Waals surface area contributed by atoms with Gasteiger partial charge in [-0.1, -0.05) is 19.4 Å². The molecular weight excluding hydrogens is 176 g/mol. The van der Waals surface area contributed by atoms with Crippen LogP contribution in [-0.4, -0.2) is 14.5 Å². The predicted molar refractivity (Wildman–Crippen MR) is 55.1 cm³/mol. The van der Waals surface area contributed by atoms with Crippen LogP contribution in [0.3, 0.4) is 0 Å². The third-order valence-corrected chi connectivity index (χ3v) is 2.26. The number of imidazole rings is 1. The number of aliphatic hydroxyl groups is 1. The molecule has 0 spiro atoms. The summed E-state index contributed by atoms with van der Waals surface area (Å²) < 4.78 is 1.97. The normalized spacial score (nSPS) is 11.0. The van der Waals surface area contributed by atoms with Gasteiger partial charge in [0.15, 0.2) is 0 Å². The van der Waals surface area contributed by atoms with E-state index >= 15 is 0 Å². The molecule has 0 aliphatic heterocycles. The Morgan fingerprint density at radius 3 is 2.93 bits per heavy atom. The van der Waals surface area contributed by atoms with E-state index < -0.39 is 0 Å². The number of pyridine rings is 1. The van der Waals surface area contributed by atoms with Crippen molar-refractivity contribution in [3.8, 4) is 0 Å². The highest BCUT2D eigenvalue weighted by molar-refractivity contribution is 5.41. The van der Waals surface area contributed by atoms with Crippen molar-refractivity contribution in [3.63, 3.8) is 0 Å². The van der Waals surface area contributed by atoms with Crippen LogP contribution < -0.4 is 0 Å². The summed E-state index contributed by atoms with van der Waals surface area (Å²) in [6.07, 6.45) is 6.18. The quantitative estimate of drug-likeness (QED) is 0.801. The van der Waals surface area contributed by atoms with Crippen LogP contribution in [-0.2, 0) is 13.0 Å². The Morgan fingerprint density at radius 2 is 2.21 bits per heavy atom. The Labute approximate surface area is 83.0 Å². The van der Waals surface area contributed by atoms with Crippen molar-refractivity contribution in [2.24, 2.45) is 0 Å². The van der Waals surface area contributed by atoms with Crippen LogP contribution in [0.4, 0.5) is 0 Å². The molecule has 1 N–H and O–H groups in total. The second kappa shape index (κ2) is 3.80. The van der Waals surface area contributed by atoms with Crippen LogP contribution in [0.15, 0.2) is 24.5 Å². The van der Waals surface area contributed by atoms with Crippen molar-refractivity contribution in [1.82, 2.24) is 9.38 Å². The van der Waals surface area contributed by atoms with E-state index in [1.165, 1.54) is 5.56 Å². The summed E-state index contributed by atoms with van der Waals surface area (Å²) in [4.78, 5) is 4.25. The fourth-order valence-electron chi connectivity index (χ4n) is 1.60. The summed E-state index contributed by atoms with van der Waals surface area (Å²) in [6.45, 7) is 2.17. The van der Waals surface area contributed by atoms with Gasteiger partial charge in [0.1, 0.15) is 5.65 Å². The number of nitrogens with zero attached hydrogens (tertiary/aromatic N) is 2. The van der Waals surface area contributed by atoms with Gasteiger partial charge in [0, 0.05) is 12.4 Å². The molecule has 0 aliphatic rings. The lowest BCUT2D eigenvalue weighted by Gasteiger charge is -1.98. The molecule has 0 saturated carbocycles. The fraction of sp³-hybridized carbons (Fsp3) is 0.364. The zero-order chi connectivity index (χ0) is 9.97. The summed E-state index contributed by atoms with van der Waals surface area (Å²) in [6, 6.07) is 4.08. The molecule has 2 aromatic heterocycles. The molecule has 74 valence electrons. The van der Waals surface area contributed by atoms with E-state index in [0.29, 0.717) is 0 Å². The Hall–Kier alpha value is -1.35. The van der Waals surface area contributed by atoms with Gasteiger partial charge >= 0.3 is 0 Å². The minimum atomic E-state index is 0.00475. The van der Waals surface area contributed by atoms with Gasteiger partial charge in [-0.3, -0.25) is 0 Å². The van der Waals surface area contributed by atoms with Crippen molar-refractivity contribution in [2.45, 2.75) is 26.4 Å². The smallest absolute Gasteiger partial charge is 0.137 e. The molecule has 2 aromatic rings. The molecule has 0 aliphatic carbocycles. The molecule has 0 amide bonds. The van der Waals surface area contributed by atoms with Crippen LogP contribution in [0.5, 0.6) is 0 Å². The SMILES string of the molecule is CCCc1ccc2nc(CO)cn2c1. The number of aromatic nitrogens is 2. The van der Waals surface area contributed by atoms with E-state index in [0.717, 1.165) is 24.2 Å². The average molecular weight is 190 g/mol. The molecule has 0 fully saturated rings. The van der Waals surface area contributed by atoms with Gasteiger partial charge < -0.3 is 9.51 Å². The van der Waals surface area contributed by atoms with Gasteiger partial charge in [-0.15, -0.1) is 0 Å². The van der Waals surface area contributed by atoms with E-state index in [9.17, 15) is 0 Å². The van der Waals surface area contributed by atoms with E-state index in [1.54, 1.807) is 0 Å². The lowest BCUT2D eigenvalue weighted by molar-refractivity contribution is 0.277. The van der Waals surface area contributed by atoms with E-state index in [-0.39, 0.29) is 6.61 Å². The third kappa shape index (κ3) is 1.63. The number of hydrogen-bond donors (Lipinski definition) is 1. The molecular formula is C11H14N2O. The summed E-state index contributed by atoms with van der Waals surface area (Å²) in [5.41, 5.74) is 2.93. The number of rotatable bonds is 3. The molecule has 3 nitrogen and oxygen atoms in total. The largest absolute Gasteiger partial charge is 0.390 e. The molecule has 3 heteroatoms. The molecule has 0 atom stereocenters. The van der Waals surface area contributed by atoms with Crippen LogP contribution in [0.1, 0.15) is 24.6 Å². The van der Waals surface area contributed by atoms with Crippen LogP contribution in [0, 0.1) is 0 Å². The number of aliphatic hydroxyl groups excluding tert-OH is 1. The van der Waals surface area contributed by atoms with Gasteiger partial charge in [0.25, 0.3) is 0 Å². The molecule has 0 radical (unpaired) electrons. The minimum Gasteiger partial charge on any atom is -0.390 e. The van der Waals surface area contributed by atoms with Gasteiger partial charge in [-0.2, -0.15) is 0 Å². The van der Waals surface area contributed by atoms with E-state index in [4.69, 9.17) is 5.11 Å². The van der Waals surface area contributed by atoms with Gasteiger partial charge in [0.05, 0.1) is 12.3 Å². The first-order chi connectivity index (χ1) is 6.83. The summed E-state index contributed by atoms with van der Waals surface area (Å²) in [5.74, 6) is 0. The highest BCUT2D eigenvalue weighted by Gasteiger charge is 2.00. The van der Waals surface area contributed by atoms with Crippen LogP contribution in [0.25, 0.3) is 5.65 Å². The van der Waals surface area contributed by atoms with E-state index in [1.807, 2.05) is 16.7 Å². The maximum absolute atomic E-state index is 8.94. The molecule has 2 heterocycles. The zero-order valence-corrected chi connectivity index (χ0v) is 8.27. The summed E-state index contributed by atoms with van der Waals surface area (Å²) in [5, 5.41) is 8.94. The predicted octanol–water partition coefficient (Wildman–Crippen LogP) is 1.78. The van der Waals surface area contributed by atoms with Crippen molar-refractivity contribution in [3.05, 3.63) is 35.8 Å². The fourth-order valence-corrected chi connectivity index (χ4v) is 1.60. The standard InChI is InChI=1S/C11H14N2O/c1-2-3-9-4-5-11-12-10(8-14)7-13(11)6-9/h4-7,14H,2-3,8H2,1H3. The Bertz CT molecular complexity index is 434. The Kier molecular flexibility index (Phi) is 2.50. The van der Waals surface area contributed by atoms with Crippen LogP contribution in [0.2, 0.25) is 0 Å². The first-order valence-corrected chi connectivity index (χ1v) is 4.91. The number of aryl methyl sites for hydroxylation is 1. The molecule has 0 saturated heterocycles. The van der Waals surface area contributed by atoms with Crippen LogP contribution >= 0.6 is 0 Å².